The monoisotopic (exact) mass is 354 g/mol. The van der Waals surface area contributed by atoms with Crippen molar-refractivity contribution in [1.29, 1.82) is 0 Å². The van der Waals surface area contributed by atoms with Crippen LogP contribution in [0, 0.1) is 0 Å². The molecule has 25 heavy (non-hydrogen) atoms. The number of nitrogens with one attached hydrogen (secondary N) is 2. The van der Waals surface area contributed by atoms with Gasteiger partial charge in [-0.25, -0.2) is 0 Å². The van der Waals surface area contributed by atoms with Crippen molar-refractivity contribution in [3.8, 4) is 0 Å². The molecule has 0 bridgehead atoms. The number of aryl methyl sites for hydroxylation is 1. The molecule has 2 amide bonds. The quantitative estimate of drug-likeness (QED) is 0.836. The van der Waals surface area contributed by atoms with E-state index in [9.17, 15) is 9.59 Å². The van der Waals surface area contributed by atoms with Gasteiger partial charge in [0.15, 0.2) is 0 Å². The molecule has 130 valence electrons. The zero-order valence-electron chi connectivity index (χ0n) is 14.0. The summed E-state index contributed by atoms with van der Waals surface area (Å²) in [6.45, 7) is 0.545. The Bertz CT molecular complexity index is 733. The molecule has 1 atom stereocenters. The van der Waals surface area contributed by atoms with Gasteiger partial charge in [-0.05, 0) is 30.0 Å². The summed E-state index contributed by atoms with van der Waals surface area (Å²) in [6.07, 6.45) is 2.11. The van der Waals surface area contributed by atoms with Gasteiger partial charge in [-0.15, -0.1) is 11.8 Å². The van der Waals surface area contributed by atoms with Crippen LogP contribution in [-0.4, -0.2) is 22.8 Å². The van der Waals surface area contributed by atoms with Crippen molar-refractivity contribution in [2.24, 2.45) is 0 Å². The third-order valence-electron chi connectivity index (χ3n) is 4.22. The van der Waals surface area contributed by atoms with Crippen LogP contribution in [0.4, 0.5) is 5.69 Å². The van der Waals surface area contributed by atoms with Crippen LogP contribution in [0.15, 0.2) is 54.6 Å². The summed E-state index contributed by atoms with van der Waals surface area (Å²) in [7, 11) is 0. The minimum absolute atomic E-state index is 0.0219. The second-order valence-corrected chi connectivity index (χ2v) is 7.37. The first-order valence-corrected chi connectivity index (χ1v) is 9.58. The molecule has 2 N–H and O–H groups in total. The second kappa shape index (κ2) is 8.72. The number of para-hydroxylation sites is 1. The fraction of sp³-hybridized carbons (Fsp3) is 0.300. The third kappa shape index (κ3) is 5.10. The van der Waals surface area contributed by atoms with E-state index in [-0.39, 0.29) is 17.1 Å². The molecule has 0 saturated heterocycles. The van der Waals surface area contributed by atoms with Crippen molar-refractivity contribution in [2.75, 3.05) is 11.1 Å². The maximum atomic E-state index is 12.3. The zero-order valence-corrected chi connectivity index (χ0v) is 14.9. The van der Waals surface area contributed by atoms with E-state index in [1.165, 1.54) is 5.56 Å². The van der Waals surface area contributed by atoms with Crippen molar-refractivity contribution in [3.05, 3.63) is 65.7 Å². The molecule has 5 heteroatoms. The first kappa shape index (κ1) is 17.5. The first-order chi connectivity index (χ1) is 12.2. The third-order valence-corrected chi connectivity index (χ3v) is 5.52. The van der Waals surface area contributed by atoms with Crippen molar-refractivity contribution in [3.63, 3.8) is 0 Å². The van der Waals surface area contributed by atoms with Gasteiger partial charge in [-0.2, -0.15) is 0 Å². The normalized spacial score (nSPS) is 16.5. The van der Waals surface area contributed by atoms with E-state index in [1.54, 1.807) is 11.8 Å². The van der Waals surface area contributed by atoms with Crippen LogP contribution in [0.25, 0.3) is 0 Å². The van der Waals surface area contributed by atoms with E-state index < -0.39 is 0 Å². The van der Waals surface area contributed by atoms with Crippen LogP contribution >= 0.6 is 11.8 Å². The number of anilines is 1. The molecule has 0 fully saturated rings. The Morgan fingerprint density at radius 3 is 2.72 bits per heavy atom. The van der Waals surface area contributed by atoms with Crippen molar-refractivity contribution in [2.45, 2.75) is 31.1 Å². The Labute approximate surface area is 152 Å². The van der Waals surface area contributed by atoms with Gasteiger partial charge in [-0.3, -0.25) is 9.59 Å². The number of carbonyl (C=O) groups is 2. The van der Waals surface area contributed by atoms with E-state index in [0.29, 0.717) is 18.7 Å². The molecule has 0 spiro atoms. The predicted molar refractivity (Wildman–Crippen MR) is 103 cm³/mol. The Balaban J connectivity index is 1.41. The van der Waals surface area contributed by atoms with Gasteiger partial charge >= 0.3 is 0 Å². The van der Waals surface area contributed by atoms with Gasteiger partial charge < -0.3 is 10.6 Å². The standard InChI is InChI=1S/C20H22N2O2S/c23-19(21-14-15-6-2-1-3-7-15)12-13-25-18-11-10-16-8-4-5-9-17(16)22-20(18)24/h1-9,18H,10-14H2,(H,21,23)(H,22,24)/t18-/m1/s1. The molecular weight excluding hydrogens is 332 g/mol. The fourth-order valence-corrected chi connectivity index (χ4v) is 3.91. The molecule has 0 aromatic heterocycles. The lowest BCUT2D eigenvalue weighted by Crippen LogP contribution is -2.26. The number of carbonyl (C=O) groups excluding carboxylic acids is 2. The topological polar surface area (TPSA) is 58.2 Å². The molecule has 4 nitrogen and oxygen atoms in total. The average molecular weight is 354 g/mol. The number of rotatable bonds is 6. The Hall–Kier alpha value is -2.27. The van der Waals surface area contributed by atoms with Crippen LogP contribution in [0.1, 0.15) is 24.0 Å². The van der Waals surface area contributed by atoms with Gasteiger partial charge in [0.25, 0.3) is 0 Å². The van der Waals surface area contributed by atoms with E-state index >= 15 is 0 Å². The molecule has 0 radical (unpaired) electrons. The smallest absolute Gasteiger partial charge is 0.237 e. The van der Waals surface area contributed by atoms with Crippen molar-refractivity contribution < 1.29 is 9.59 Å². The zero-order chi connectivity index (χ0) is 17.5. The number of thioether (sulfide) groups is 1. The fourth-order valence-electron chi connectivity index (χ4n) is 2.83. The lowest BCUT2D eigenvalue weighted by molar-refractivity contribution is -0.121. The minimum Gasteiger partial charge on any atom is -0.352 e. The van der Waals surface area contributed by atoms with Gasteiger partial charge in [0.05, 0.1) is 5.25 Å². The summed E-state index contributed by atoms with van der Waals surface area (Å²) in [5, 5.41) is 5.82. The molecule has 1 aliphatic rings. The van der Waals surface area contributed by atoms with E-state index in [2.05, 4.69) is 16.7 Å². The summed E-state index contributed by atoms with van der Waals surface area (Å²) in [5.41, 5.74) is 3.18. The van der Waals surface area contributed by atoms with E-state index in [4.69, 9.17) is 0 Å². The highest BCUT2D eigenvalue weighted by atomic mass is 32.2. The number of amides is 2. The summed E-state index contributed by atoms with van der Waals surface area (Å²) in [5.74, 6) is 0.711. The highest BCUT2D eigenvalue weighted by Gasteiger charge is 2.23. The highest BCUT2D eigenvalue weighted by molar-refractivity contribution is 8.00. The number of benzene rings is 2. The largest absolute Gasteiger partial charge is 0.352 e. The predicted octanol–water partition coefficient (Wildman–Crippen LogP) is 3.38. The summed E-state index contributed by atoms with van der Waals surface area (Å²) in [6, 6.07) is 17.8. The Kier molecular flexibility index (Phi) is 6.12. The van der Waals surface area contributed by atoms with E-state index in [1.807, 2.05) is 48.5 Å². The Morgan fingerprint density at radius 2 is 1.88 bits per heavy atom. The lowest BCUT2D eigenvalue weighted by atomic mass is 10.1. The molecule has 1 heterocycles. The SMILES string of the molecule is O=C(CCS[C@@H]1CCc2ccccc2NC1=O)NCc1ccccc1. The molecule has 2 aromatic rings. The van der Waals surface area contributed by atoms with Gasteiger partial charge in [-0.1, -0.05) is 48.5 Å². The van der Waals surface area contributed by atoms with Crippen molar-refractivity contribution in [1.82, 2.24) is 5.32 Å². The summed E-state index contributed by atoms with van der Waals surface area (Å²) >= 11 is 1.57. The maximum Gasteiger partial charge on any atom is 0.237 e. The van der Waals surface area contributed by atoms with Crippen LogP contribution in [0.2, 0.25) is 0 Å². The average Bonchev–Trinajstić information content (AvgIpc) is 2.80. The van der Waals surface area contributed by atoms with Crippen LogP contribution in [-0.2, 0) is 22.6 Å². The summed E-state index contributed by atoms with van der Waals surface area (Å²) in [4.78, 5) is 24.3. The number of hydrogen-bond acceptors (Lipinski definition) is 3. The Morgan fingerprint density at radius 1 is 1.12 bits per heavy atom. The lowest BCUT2D eigenvalue weighted by Gasteiger charge is -2.12. The van der Waals surface area contributed by atoms with Gasteiger partial charge in [0, 0.05) is 24.4 Å². The molecule has 1 aliphatic heterocycles. The van der Waals surface area contributed by atoms with Crippen LogP contribution < -0.4 is 10.6 Å². The minimum atomic E-state index is -0.102. The molecular formula is C20H22N2O2S. The molecule has 3 rings (SSSR count). The van der Waals surface area contributed by atoms with Crippen molar-refractivity contribution >= 4 is 29.3 Å². The number of hydrogen-bond donors (Lipinski definition) is 2. The molecule has 0 saturated carbocycles. The summed E-state index contributed by atoms with van der Waals surface area (Å²) < 4.78 is 0. The molecule has 0 aliphatic carbocycles. The van der Waals surface area contributed by atoms with Gasteiger partial charge in [0.1, 0.15) is 0 Å². The van der Waals surface area contributed by atoms with E-state index in [0.717, 1.165) is 24.1 Å². The maximum absolute atomic E-state index is 12.3. The molecule has 2 aromatic carbocycles. The molecule has 0 unspecified atom stereocenters. The van der Waals surface area contributed by atoms with Crippen LogP contribution in [0.5, 0.6) is 0 Å². The first-order valence-electron chi connectivity index (χ1n) is 8.53. The highest BCUT2D eigenvalue weighted by Crippen LogP contribution is 2.27. The second-order valence-electron chi connectivity index (χ2n) is 6.06. The van der Waals surface area contributed by atoms with Crippen LogP contribution in [0.3, 0.4) is 0 Å². The number of fused-ring (bicyclic) bond motifs is 1. The van der Waals surface area contributed by atoms with Gasteiger partial charge in [0.2, 0.25) is 11.8 Å².